The van der Waals surface area contributed by atoms with Crippen LogP contribution in [0.25, 0.3) is 18.2 Å². The van der Waals surface area contributed by atoms with Gasteiger partial charge in [0.1, 0.15) is 10.1 Å². The van der Waals surface area contributed by atoms with Crippen LogP contribution < -0.4 is 29.6 Å². The van der Waals surface area contributed by atoms with Gasteiger partial charge in [0.2, 0.25) is 0 Å². The average Bonchev–Trinajstić information content (AvgIpc) is 2.73. The van der Waals surface area contributed by atoms with Crippen molar-refractivity contribution in [3.05, 3.63) is 107 Å². The second-order valence-electron chi connectivity index (χ2n) is 6.95. The third kappa shape index (κ3) is 4.83. The maximum absolute atomic E-state index is 11.9. The second-order valence-corrected chi connectivity index (χ2v) is 8.30. The minimum absolute atomic E-state index is 0. The SMILES string of the molecule is O=S(=O)([O-])c1cc(C2C=Cc3ccccc3C2O)ccc1C=Cc1ccccc1.[Na+]. The summed E-state index contributed by atoms with van der Waals surface area (Å²) in [6.07, 6.45) is 6.30. The summed E-state index contributed by atoms with van der Waals surface area (Å²) < 4.78 is 35.7. The predicted molar refractivity (Wildman–Crippen MR) is 113 cm³/mol. The summed E-state index contributed by atoms with van der Waals surface area (Å²) in [5.41, 5.74) is 3.50. The summed E-state index contributed by atoms with van der Waals surface area (Å²) in [4.78, 5) is -0.290. The first-order valence-corrected chi connectivity index (χ1v) is 10.6. The van der Waals surface area contributed by atoms with Crippen molar-refractivity contribution in [1.82, 2.24) is 0 Å². The van der Waals surface area contributed by atoms with Crippen LogP contribution >= 0.6 is 0 Å². The number of rotatable bonds is 4. The summed E-state index contributed by atoms with van der Waals surface area (Å²) in [6.45, 7) is 0. The van der Waals surface area contributed by atoms with E-state index in [0.29, 0.717) is 11.1 Å². The van der Waals surface area contributed by atoms with E-state index in [1.807, 2.05) is 66.7 Å². The molecule has 4 nitrogen and oxygen atoms in total. The molecule has 4 rings (SSSR count). The number of benzene rings is 3. The van der Waals surface area contributed by atoms with Gasteiger partial charge in [-0.05, 0) is 33.9 Å². The van der Waals surface area contributed by atoms with E-state index in [2.05, 4.69) is 0 Å². The van der Waals surface area contributed by atoms with Gasteiger partial charge in [0, 0.05) is 5.92 Å². The summed E-state index contributed by atoms with van der Waals surface area (Å²) in [5.74, 6) is -0.433. The van der Waals surface area contributed by atoms with Crippen LogP contribution in [0.5, 0.6) is 0 Å². The first kappa shape index (κ1) is 22.7. The van der Waals surface area contributed by atoms with Gasteiger partial charge >= 0.3 is 29.6 Å². The summed E-state index contributed by atoms with van der Waals surface area (Å²) in [7, 11) is -4.68. The third-order valence-electron chi connectivity index (χ3n) is 5.08. The fourth-order valence-electron chi connectivity index (χ4n) is 3.59. The van der Waals surface area contributed by atoms with Crippen LogP contribution in [0.2, 0.25) is 0 Å². The molecule has 0 amide bonds. The van der Waals surface area contributed by atoms with Crippen molar-refractivity contribution in [1.29, 1.82) is 0 Å². The fraction of sp³-hybridized carbons (Fsp3) is 0.0833. The molecule has 1 N–H and O–H groups in total. The van der Waals surface area contributed by atoms with E-state index in [0.717, 1.165) is 16.7 Å². The van der Waals surface area contributed by atoms with Crippen LogP contribution in [-0.4, -0.2) is 18.1 Å². The van der Waals surface area contributed by atoms with E-state index in [4.69, 9.17) is 0 Å². The number of hydrogen-bond acceptors (Lipinski definition) is 4. The topological polar surface area (TPSA) is 77.4 Å². The Morgan fingerprint density at radius 1 is 0.900 bits per heavy atom. The van der Waals surface area contributed by atoms with Crippen LogP contribution in [0.15, 0.2) is 83.8 Å². The summed E-state index contributed by atoms with van der Waals surface area (Å²) in [6, 6.07) is 21.7. The van der Waals surface area contributed by atoms with E-state index < -0.39 is 22.1 Å². The summed E-state index contributed by atoms with van der Waals surface area (Å²) >= 11 is 0. The molecule has 2 unspecified atom stereocenters. The van der Waals surface area contributed by atoms with E-state index >= 15 is 0 Å². The number of hydrogen-bond donors (Lipinski definition) is 1. The largest absolute Gasteiger partial charge is 1.00 e. The Morgan fingerprint density at radius 2 is 1.60 bits per heavy atom. The maximum Gasteiger partial charge on any atom is 1.00 e. The number of fused-ring (bicyclic) bond motifs is 1. The minimum atomic E-state index is -4.68. The van der Waals surface area contributed by atoms with Crippen molar-refractivity contribution < 1.29 is 47.6 Å². The molecule has 30 heavy (non-hydrogen) atoms. The van der Waals surface area contributed by atoms with E-state index in [9.17, 15) is 18.1 Å². The predicted octanol–water partition coefficient (Wildman–Crippen LogP) is 1.61. The third-order valence-corrected chi connectivity index (χ3v) is 5.98. The monoisotopic (exact) mass is 426 g/mol. The molecule has 0 saturated carbocycles. The minimum Gasteiger partial charge on any atom is -0.744 e. The number of aliphatic hydroxyl groups excluding tert-OH is 1. The van der Waals surface area contributed by atoms with Gasteiger partial charge in [0.25, 0.3) is 0 Å². The molecule has 0 aromatic heterocycles. The standard InChI is InChI=1S/C24H20O4S.Na/c25-24-21-9-5-4-8-18(21)14-15-22(24)20-13-12-19(23(16-20)29(26,27)28)11-10-17-6-2-1-3-7-17;/h1-16,22,24-25H,(H,26,27,28);/q;+1/p-1. The van der Waals surface area contributed by atoms with Gasteiger partial charge in [-0.2, -0.15) is 0 Å². The van der Waals surface area contributed by atoms with Crippen molar-refractivity contribution in [2.24, 2.45) is 0 Å². The molecule has 1 aliphatic rings. The normalized spacial score (nSPS) is 18.1. The van der Waals surface area contributed by atoms with Gasteiger partial charge in [-0.1, -0.05) is 91.0 Å². The van der Waals surface area contributed by atoms with Crippen molar-refractivity contribution in [3.63, 3.8) is 0 Å². The molecular formula is C24H19NaO4S. The Balaban J connectivity index is 0.00000256. The smallest absolute Gasteiger partial charge is 0.744 e. The molecule has 1 aliphatic carbocycles. The molecule has 0 aliphatic heterocycles. The molecule has 0 saturated heterocycles. The first-order valence-electron chi connectivity index (χ1n) is 9.22. The average molecular weight is 426 g/mol. The summed E-state index contributed by atoms with van der Waals surface area (Å²) in [5, 5.41) is 10.8. The molecule has 0 fully saturated rings. The zero-order valence-electron chi connectivity index (χ0n) is 16.5. The Morgan fingerprint density at radius 3 is 2.33 bits per heavy atom. The Bertz CT molecular complexity index is 1200. The van der Waals surface area contributed by atoms with Gasteiger partial charge < -0.3 is 9.66 Å². The second kappa shape index (κ2) is 9.43. The first-order chi connectivity index (χ1) is 13.9. The van der Waals surface area contributed by atoms with Crippen molar-refractivity contribution in [2.45, 2.75) is 16.9 Å². The zero-order chi connectivity index (χ0) is 20.4. The Labute approximate surface area is 198 Å². The van der Waals surface area contributed by atoms with Crippen molar-refractivity contribution in [2.75, 3.05) is 0 Å². The molecule has 0 radical (unpaired) electrons. The van der Waals surface area contributed by atoms with Crippen LogP contribution in [0.1, 0.15) is 39.8 Å². The van der Waals surface area contributed by atoms with Crippen molar-refractivity contribution >= 4 is 28.3 Å². The molecule has 0 heterocycles. The van der Waals surface area contributed by atoms with Crippen molar-refractivity contribution in [3.8, 4) is 0 Å². The molecule has 6 heteroatoms. The zero-order valence-corrected chi connectivity index (χ0v) is 19.3. The molecule has 3 aromatic carbocycles. The Kier molecular flexibility index (Phi) is 7.14. The molecule has 2 atom stereocenters. The van der Waals surface area contributed by atoms with E-state index in [1.54, 1.807) is 24.3 Å². The van der Waals surface area contributed by atoms with Gasteiger partial charge in [-0.3, -0.25) is 0 Å². The van der Waals surface area contributed by atoms with Gasteiger partial charge in [0.15, 0.2) is 0 Å². The van der Waals surface area contributed by atoms with Gasteiger partial charge in [-0.15, -0.1) is 0 Å². The molecular weight excluding hydrogens is 407 g/mol. The van der Waals surface area contributed by atoms with Crippen LogP contribution in [0.4, 0.5) is 0 Å². The van der Waals surface area contributed by atoms with E-state index in [-0.39, 0.29) is 34.5 Å². The molecule has 3 aromatic rings. The quantitative estimate of drug-likeness (QED) is 0.391. The molecule has 146 valence electrons. The van der Waals surface area contributed by atoms with E-state index in [1.165, 1.54) is 6.07 Å². The number of aliphatic hydroxyl groups is 1. The van der Waals surface area contributed by atoms with Crippen LogP contribution in [-0.2, 0) is 10.1 Å². The Hall–Kier alpha value is -1.99. The molecule has 0 spiro atoms. The fourth-order valence-corrected chi connectivity index (χ4v) is 4.30. The molecule has 0 bridgehead atoms. The van der Waals surface area contributed by atoms with Crippen LogP contribution in [0.3, 0.4) is 0 Å². The van der Waals surface area contributed by atoms with Crippen LogP contribution in [0, 0.1) is 0 Å². The van der Waals surface area contributed by atoms with Gasteiger partial charge in [-0.25, -0.2) is 8.42 Å². The van der Waals surface area contributed by atoms with Gasteiger partial charge in [0.05, 0.1) is 11.0 Å². The maximum atomic E-state index is 11.9.